The summed E-state index contributed by atoms with van der Waals surface area (Å²) in [6.07, 6.45) is 3.23. The SMILES string of the molecule is Cc1cn2c(CNCCc3ccccc3)c(C)nc2s1. The summed E-state index contributed by atoms with van der Waals surface area (Å²) in [4.78, 5) is 7.01. The first kappa shape index (κ1) is 13.3. The molecule has 0 spiro atoms. The Hall–Kier alpha value is -1.65. The topological polar surface area (TPSA) is 29.3 Å². The molecule has 3 nitrogen and oxygen atoms in total. The van der Waals surface area contributed by atoms with Gasteiger partial charge in [-0.05, 0) is 32.4 Å². The molecule has 0 unspecified atom stereocenters. The summed E-state index contributed by atoms with van der Waals surface area (Å²) < 4.78 is 2.21. The number of nitrogens with one attached hydrogen (secondary N) is 1. The number of nitrogens with zero attached hydrogens (tertiary/aromatic N) is 2. The molecular weight excluding hydrogens is 266 g/mol. The lowest BCUT2D eigenvalue weighted by Crippen LogP contribution is -2.18. The molecule has 2 heterocycles. The third-order valence-corrected chi connectivity index (χ3v) is 4.36. The minimum Gasteiger partial charge on any atom is -0.311 e. The molecular formula is C16H19N3S. The standard InChI is InChI=1S/C16H19N3S/c1-12-11-19-15(13(2)18-16(19)20-12)10-17-9-8-14-6-4-3-5-7-14/h3-7,11,17H,8-10H2,1-2H3. The first-order valence-corrected chi connectivity index (χ1v) is 7.74. The molecule has 4 heteroatoms. The van der Waals surface area contributed by atoms with E-state index in [-0.39, 0.29) is 0 Å². The summed E-state index contributed by atoms with van der Waals surface area (Å²) in [6.45, 7) is 6.07. The molecule has 0 amide bonds. The maximum Gasteiger partial charge on any atom is 0.194 e. The van der Waals surface area contributed by atoms with E-state index < -0.39 is 0 Å². The monoisotopic (exact) mass is 285 g/mol. The third kappa shape index (κ3) is 2.76. The molecule has 104 valence electrons. The van der Waals surface area contributed by atoms with Gasteiger partial charge in [-0.1, -0.05) is 30.3 Å². The highest BCUT2D eigenvalue weighted by molar-refractivity contribution is 7.17. The summed E-state index contributed by atoms with van der Waals surface area (Å²) in [5.74, 6) is 0. The van der Waals surface area contributed by atoms with E-state index in [4.69, 9.17) is 0 Å². The van der Waals surface area contributed by atoms with Crippen molar-refractivity contribution in [3.63, 3.8) is 0 Å². The van der Waals surface area contributed by atoms with E-state index >= 15 is 0 Å². The number of thiazole rings is 1. The molecule has 0 aliphatic heterocycles. The Kier molecular flexibility index (Phi) is 3.85. The number of hydrogen-bond donors (Lipinski definition) is 1. The molecule has 3 aromatic rings. The molecule has 0 aliphatic rings. The average Bonchev–Trinajstić information content (AvgIpc) is 2.92. The molecule has 20 heavy (non-hydrogen) atoms. The van der Waals surface area contributed by atoms with Gasteiger partial charge in [-0.25, -0.2) is 4.98 Å². The second kappa shape index (κ2) is 5.77. The number of fused-ring (bicyclic) bond motifs is 1. The summed E-state index contributed by atoms with van der Waals surface area (Å²) >= 11 is 1.75. The molecule has 3 rings (SSSR count). The molecule has 0 saturated heterocycles. The fraction of sp³-hybridized carbons (Fsp3) is 0.312. The van der Waals surface area contributed by atoms with Crippen molar-refractivity contribution in [3.8, 4) is 0 Å². The van der Waals surface area contributed by atoms with Crippen molar-refractivity contribution in [1.29, 1.82) is 0 Å². The van der Waals surface area contributed by atoms with Gasteiger partial charge in [0.05, 0.1) is 11.4 Å². The zero-order chi connectivity index (χ0) is 13.9. The van der Waals surface area contributed by atoms with E-state index in [0.29, 0.717) is 0 Å². The number of imidazole rings is 1. The summed E-state index contributed by atoms with van der Waals surface area (Å²) in [7, 11) is 0. The molecule has 0 radical (unpaired) electrons. The smallest absolute Gasteiger partial charge is 0.194 e. The van der Waals surface area contributed by atoms with Crippen molar-refractivity contribution in [2.75, 3.05) is 6.54 Å². The Morgan fingerprint density at radius 3 is 2.80 bits per heavy atom. The number of aromatic nitrogens is 2. The molecule has 0 fully saturated rings. The van der Waals surface area contributed by atoms with E-state index in [1.54, 1.807) is 11.3 Å². The average molecular weight is 285 g/mol. The maximum absolute atomic E-state index is 4.61. The van der Waals surface area contributed by atoms with Gasteiger partial charge in [0.15, 0.2) is 4.96 Å². The normalized spacial score (nSPS) is 11.3. The summed E-state index contributed by atoms with van der Waals surface area (Å²) in [6, 6.07) is 10.6. The predicted octanol–water partition coefficient (Wildman–Crippen LogP) is 3.34. The van der Waals surface area contributed by atoms with Gasteiger partial charge in [-0.3, -0.25) is 4.40 Å². The van der Waals surface area contributed by atoms with Gasteiger partial charge in [0.1, 0.15) is 0 Å². The van der Waals surface area contributed by atoms with E-state index in [2.05, 4.69) is 65.1 Å². The van der Waals surface area contributed by atoms with Crippen LogP contribution in [0.1, 0.15) is 21.8 Å². The van der Waals surface area contributed by atoms with Crippen LogP contribution in [0.2, 0.25) is 0 Å². The van der Waals surface area contributed by atoms with Gasteiger partial charge in [0, 0.05) is 17.6 Å². The Balaban J connectivity index is 1.61. The van der Waals surface area contributed by atoms with Gasteiger partial charge in [0.2, 0.25) is 0 Å². The van der Waals surface area contributed by atoms with Gasteiger partial charge >= 0.3 is 0 Å². The van der Waals surface area contributed by atoms with Crippen LogP contribution in [-0.4, -0.2) is 15.9 Å². The Morgan fingerprint density at radius 2 is 2.00 bits per heavy atom. The maximum atomic E-state index is 4.61. The lowest BCUT2D eigenvalue weighted by atomic mass is 10.1. The minimum absolute atomic E-state index is 0.871. The van der Waals surface area contributed by atoms with E-state index in [1.165, 1.54) is 16.1 Å². The van der Waals surface area contributed by atoms with Crippen LogP contribution in [0.25, 0.3) is 4.96 Å². The van der Waals surface area contributed by atoms with Crippen LogP contribution in [0.3, 0.4) is 0 Å². The number of aryl methyl sites for hydroxylation is 2. The molecule has 1 N–H and O–H groups in total. The van der Waals surface area contributed by atoms with Crippen molar-refractivity contribution in [3.05, 3.63) is 58.4 Å². The third-order valence-electron chi connectivity index (χ3n) is 3.47. The molecule has 0 saturated carbocycles. The fourth-order valence-corrected chi connectivity index (χ4v) is 3.30. The van der Waals surface area contributed by atoms with Crippen LogP contribution < -0.4 is 5.32 Å². The minimum atomic E-state index is 0.871. The second-order valence-electron chi connectivity index (χ2n) is 5.05. The highest BCUT2D eigenvalue weighted by atomic mass is 32.1. The van der Waals surface area contributed by atoms with Crippen LogP contribution in [0.15, 0.2) is 36.5 Å². The molecule has 0 atom stereocenters. The van der Waals surface area contributed by atoms with Crippen molar-refractivity contribution in [2.24, 2.45) is 0 Å². The van der Waals surface area contributed by atoms with Crippen molar-refractivity contribution < 1.29 is 0 Å². The first-order valence-electron chi connectivity index (χ1n) is 6.92. The van der Waals surface area contributed by atoms with Gasteiger partial charge in [-0.15, -0.1) is 11.3 Å². The highest BCUT2D eigenvalue weighted by Gasteiger charge is 2.10. The number of benzene rings is 1. The van der Waals surface area contributed by atoms with Gasteiger partial charge in [0.25, 0.3) is 0 Å². The van der Waals surface area contributed by atoms with Crippen molar-refractivity contribution in [1.82, 2.24) is 14.7 Å². The lowest BCUT2D eigenvalue weighted by Gasteiger charge is -2.05. The zero-order valence-electron chi connectivity index (χ0n) is 11.9. The molecule has 0 bridgehead atoms. The molecule has 2 aromatic heterocycles. The number of rotatable bonds is 5. The molecule has 0 aliphatic carbocycles. The van der Waals surface area contributed by atoms with E-state index in [0.717, 1.165) is 30.2 Å². The van der Waals surface area contributed by atoms with E-state index in [9.17, 15) is 0 Å². The Morgan fingerprint density at radius 1 is 1.20 bits per heavy atom. The lowest BCUT2D eigenvalue weighted by molar-refractivity contribution is 0.668. The van der Waals surface area contributed by atoms with Crippen LogP contribution in [-0.2, 0) is 13.0 Å². The Labute approximate surface area is 123 Å². The highest BCUT2D eigenvalue weighted by Crippen LogP contribution is 2.20. The van der Waals surface area contributed by atoms with Gasteiger partial charge in [-0.2, -0.15) is 0 Å². The van der Waals surface area contributed by atoms with Gasteiger partial charge < -0.3 is 5.32 Å². The van der Waals surface area contributed by atoms with Crippen LogP contribution >= 0.6 is 11.3 Å². The Bertz CT molecular complexity index is 697. The zero-order valence-corrected chi connectivity index (χ0v) is 12.7. The number of hydrogen-bond acceptors (Lipinski definition) is 3. The predicted molar refractivity (Wildman–Crippen MR) is 84.4 cm³/mol. The van der Waals surface area contributed by atoms with E-state index in [1.807, 2.05) is 0 Å². The van der Waals surface area contributed by atoms with Crippen molar-refractivity contribution in [2.45, 2.75) is 26.8 Å². The van der Waals surface area contributed by atoms with Crippen LogP contribution in [0.5, 0.6) is 0 Å². The fourth-order valence-electron chi connectivity index (χ4n) is 2.41. The summed E-state index contributed by atoms with van der Waals surface area (Å²) in [5, 5.41) is 3.52. The van der Waals surface area contributed by atoms with Crippen molar-refractivity contribution >= 4 is 16.3 Å². The van der Waals surface area contributed by atoms with Crippen LogP contribution in [0.4, 0.5) is 0 Å². The largest absolute Gasteiger partial charge is 0.311 e. The van der Waals surface area contributed by atoms with Crippen LogP contribution in [0, 0.1) is 13.8 Å². The first-order chi connectivity index (χ1) is 9.74. The quantitative estimate of drug-likeness (QED) is 0.729. The molecule has 1 aromatic carbocycles. The second-order valence-corrected chi connectivity index (χ2v) is 6.26. The summed E-state index contributed by atoms with van der Waals surface area (Å²) in [5.41, 5.74) is 3.78.